The Hall–Kier alpha value is -1.00. The van der Waals surface area contributed by atoms with Gasteiger partial charge in [0.1, 0.15) is 11.6 Å². The fourth-order valence-corrected chi connectivity index (χ4v) is 4.09. The maximum absolute atomic E-state index is 14.3. The van der Waals surface area contributed by atoms with Crippen LogP contribution in [0.25, 0.3) is 0 Å². The van der Waals surface area contributed by atoms with E-state index in [0.29, 0.717) is 11.5 Å². The summed E-state index contributed by atoms with van der Waals surface area (Å²) in [5.74, 6) is 6.22. The highest BCUT2D eigenvalue weighted by Gasteiger charge is 2.44. The number of hydrogen-bond donors (Lipinski definition) is 2. The summed E-state index contributed by atoms with van der Waals surface area (Å²) in [5.41, 5.74) is 3.27. The monoisotopic (exact) mass is 266 g/mol. The number of halogens is 2. The molecule has 3 N–H and O–H groups in total. The minimum Gasteiger partial charge on any atom is -0.271 e. The van der Waals surface area contributed by atoms with Gasteiger partial charge in [0.15, 0.2) is 0 Å². The van der Waals surface area contributed by atoms with Gasteiger partial charge in [0.25, 0.3) is 0 Å². The Bertz CT molecular complexity index is 489. The predicted octanol–water partition coefficient (Wildman–Crippen LogP) is 3.21. The van der Waals surface area contributed by atoms with E-state index in [1.54, 1.807) is 6.92 Å². The molecule has 0 amide bonds. The van der Waals surface area contributed by atoms with E-state index in [0.717, 1.165) is 12.3 Å². The smallest absolute Gasteiger partial charge is 0.133 e. The first-order valence-electron chi connectivity index (χ1n) is 7.02. The number of hydrogen-bond acceptors (Lipinski definition) is 2. The minimum absolute atomic E-state index is 0.125. The molecule has 0 radical (unpaired) electrons. The number of benzene rings is 1. The van der Waals surface area contributed by atoms with Crippen molar-refractivity contribution in [3.8, 4) is 0 Å². The number of rotatable bonds is 3. The number of nitrogens with one attached hydrogen (secondary N) is 1. The third-order valence-electron chi connectivity index (χ3n) is 5.03. The third-order valence-corrected chi connectivity index (χ3v) is 5.03. The first-order valence-corrected chi connectivity index (χ1v) is 7.02. The topological polar surface area (TPSA) is 38.0 Å². The van der Waals surface area contributed by atoms with Crippen molar-refractivity contribution in [1.29, 1.82) is 0 Å². The van der Waals surface area contributed by atoms with Crippen molar-refractivity contribution in [3.63, 3.8) is 0 Å². The summed E-state index contributed by atoms with van der Waals surface area (Å²) in [6.45, 7) is 1.66. The maximum atomic E-state index is 14.3. The number of nitrogens with two attached hydrogens (primary N) is 1. The number of aryl methyl sites for hydroxylation is 1. The molecule has 2 aliphatic rings. The quantitative estimate of drug-likeness (QED) is 0.651. The Morgan fingerprint density at radius 3 is 2.63 bits per heavy atom. The van der Waals surface area contributed by atoms with Crippen LogP contribution in [0.3, 0.4) is 0 Å². The number of hydrazine groups is 1. The second-order valence-corrected chi connectivity index (χ2v) is 6.07. The average Bonchev–Trinajstić information content (AvgIpc) is 3.01. The third kappa shape index (κ3) is 2.07. The van der Waals surface area contributed by atoms with Crippen LogP contribution in [0.2, 0.25) is 0 Å². The molecule has 2 bridgehead atoms. The van der Waals surface area contributed by atoms with Gasteiger partial charge in [-0.25, -0.2) is 8.78 Å². The molecule has 104 valence electrons. The van der Waals surface area contributed by atoms with E-state index in [1.807, 2.05) is 0 Å². The molecule has 4 atom stereocenters. The van der Waals surface area contributed by atoms with Crippen LogP contribution >= 0.6 is 0 Å². The molecule has 4 unspecified atom stereocenters. The Kier molecular flexibility index (Phi) is 3.31. The van der Waals surface area contributed by atoms with Crippen molar-refractivity contribution >= 4 is 0 Å². The molecule has 1 aromatic rings. The first-order chi connectivity index (χ1) is 9.11. The van der Waals surface area contributed by atoms with Crippen molar-refractivity contribution in [1.82, 2.24) is 5.43 Å². The van der Waals surface area contributed by atoms with Gasteiger partial charge in [0.2, 0.25) is 0 Å². The van der Waals surface area contributed by atoms with Crippen molar-refractivity contribution in [2.24, 2.45) is 23.6 Å². The molecule has 0 heterocycles. The van der Waals surface area contributed by atoms with Gasteiger partial charge in [-0.05, 0) is 55.6 Å². The largest absolute Gasteiger partial charge is 0.271 e. The fourth-order valence-electron chi connectivity index (χ4n) is 4.09. The van der Waals surface area contributed by atoms with E-state index >= 15 is 0 Å². The SMILES string of the molecule is Cc1ccc(F)c(C(NN)C2CC3CCC2C3)c1F. The lowest BCUT2D eigenvalue weighted by atomic mass is 9.80. The number of fused-ring (bicyclic) bond motifs is 2. The summed E-state index contributed by atoms with van der Waals surface area (Å²) in [6, 6.07) is 2.41. The lowest BCUT2D eigenvalue weighted by molar-refractivity contribution is 0.243. The second-order valence-electron chi connectivity index (χ2n) is 6.07. The van der Waals surface area contributed by atoms with E-state index in [1.165, 1.54) is 31.4 Å². The summed E-state index contributed by atoms with van der Waals surface area (Å²) < 4.78 is 28.3. The van der Waals surface area contributed by atoms with Gasteiger partial charge < -0.3 is 0 Å². The van der Waals surface area contributed by atoms with Crippen LogP contribution in [0.4, 0.5) is 8.78 Å². The predicted molar refractivity (Wildman–Crippen MR) is 70.1 cm³/mol. The molecule has 19 heavy (non-hydrogen) atoms. The summed E-state index contributed by atoms with van der Waals surface area (Å²) in [6.07, 6.45) is 4.66. The molecule has 4 heteroatoms. The Morgan fingerprint density at radius 1 is 1.26 bits per heavy atom. The zero-order valence-electron chi connectivity index (χ0n) is 11.1. The summed E-state index contributed by atoms with van der Waals surface area (Å²) >= 11 is 0. The molecular weight excluding hydrogens is 246 g/mol. The van der Waals surface area contributed by atoms with Crippen molar-refractivity contribution in [2.45, 2.75) is 38.6 Å². The summed E-state index contributed by atoms with van der Waals surface area (Å²) in [7, 11) is 0. The molecule has 2 fully saturated rings. The normalized spacial score (nSPS) is 30.8. The molecule has 0 spiro atoms. The van der Waals surface area contributed by atoms with Gasteiger partial charge in [0.05, 0.1) is 6.04 Å². The highest BCUT2D eigenvalue weighted by molar-refractivity contribution is 5.30. The molecule has 2 saturated carbocycles. The first kappa shape index (κ1) is 13.0. The van der Waals surface area contributed by atoms with Crippen LogP contribution < -0.4 is 11.3 Å². The maximum Gasteiger partial charge on any atom is 0.133 e. The van der Waals surface area contributed by atoms with E-state index in [4.69, 9.17) is 5.84 Å². The highest BCUT2D eigenvalue weighted by atomic mass is 19.1. The van der Waals surface area contributed by atoms with Crippen LogP contribution in [-0.4, -0.2) is 0 Å². The fraction of sp³-hybridized carbons (Fsp3) is 0.600. The molecule has 1 aromatic carbocycles. The molecule has 3 rings (SSSR count). The van der Waals surface area contributed by atoms with Crippen LogP contribution in [0.1, 0.15) is 42.9 Å². The van der Waals surface area contributed by atoms with Gasteiger partial charge in [-0.15, -0.1) is 0 Å². The van der Waals surface area contributed by atoms with Crippen molar-refractivity contribution < 1.29 is 8.78 Å². The summed E-state index contributed by atoms with van der Waals surface area (Å²) in [5, 5.41) is 0. The van der Waals surface area contributed by atoms with Crippen LogP contribution in [0, 0.1) is 36.3 Å². The van der Waals surface area contributed by atoms with E-state index in [9.17, 15) is 8.78 Å². The standard InChI is InChI=1S/C15H20F2N2/c1-8-2-5-12(16)13(14(8)17)15(19-18)11-7-9-3-4-10(11)6-9/h2,5,9-11,15,19H,3-4,6-7,18H2,1H3. The van der Waals surface area contributed by atoms with Crippen molar-refractivity contribution in [3.05, 3.63) is 34.9 Å². The lowest BCUT2D eigenvalue weighted by Gasteiger charge is -2.31. The Morgan fingerprint density at radius 2 is 2.05 bits per heavy atom. The molecule has 0 aromatic heterocycles. The van der Waals surface area contributed by atoms with Crippen LogP contribution in [0.5, 0.6) is 0 Å². The lowest BCUT2D eigenvalue weighted by Crippen LogP contribution is -2.37. The van der Waals surface area contributed by atoms with Gasteiger partial charge in [-0.2, -0.15) is 0 Å². The Balaban J connectivity index is 1.97. The molecular formula is C15H20F2N2. The molecule has 0 saturated heterocycles. The molecule has 2 aliphatic carbocycles. The van der Waals surface area contributed by atoms with E-state index in [-0.39, 0.29) is 11.5 Å². The zero-order chi connectivity index (χ0) is 13.6. The van der Waals surface area contributed by atoms with E-state index < -0.39 is 17.7 Å². The Labute approximate surface area is 112 Å². The van der Waals surface area contributed by atoms with Crippen molar-refractivity contribution in [2.75, 3.05) is 0 Å². The molecule has 0 aliphatic heterocycles. The van der Waals surface area contributed by atoms with Gasteiger partial charge in [-0.1, -0.05) is 12.5 Å². The molecule has 2 nitrogen and oxygen atoms in total. The summed E-state index contributed by atoms with van der Waals surface area (Å²) in [4.78, 5) is 0. The van der Waals surface area contributed by atoms with Crippen LogP contribution in [0.15, 0.2) is 12.1 Å². The van der Waals surface area contributed by atoms with Gasteiger partial charge in [0, 0.05) is 5.56 Å². The zero-order valence-corrected chi connectivity index (χ0v) is 11.1. The van der Waals surface area contributed by atoms with Gasteiger partial charge >= 0.3 is 0 Å². The highest BCUT2D eigenvalue weighted by Crippen LogP contribution is 2.52. The minimum atomic E-state index is -0.492. The average molecular weight is 266 g/mol. The van der Waals surface area contributed by atoms with Gasteiger partial charge in [-0.3, -0.25) is 11.3 Å². The van der Waals surface area contributed by atoms with E-state index in [2.05, 4.69) is 5.43 Å². The second kappa shape index (κ2) is 4.84. The van der Waals surface area contributed by atoms with Crippen LogP contribution in [-0.2, 0) is 0 Å².